The Bertz CT molecular complexity index is 1030. The zero-order valence-corrected chi connectivity index (χ0v) is 20.9. The number of nitrogens with zero attached hydrogens (tertiary/aromatic N) is 4. The van der Waals surface area contributed by atoms with Gasteiger partial charge in [0, 0.05) is 37.4 Å². The first-order valence-electron chi connectivity index (χ1n) is 11.9. The third-order valence-electron chi connectivity index (χ3n) is 6.68. The maximum absolute atomic E-state index is 13.2. The van der Waals surface area contributed by atoms with Crippen LogP contribution in [0.15, 0.2) is 24.3 Å². The lowest BCUT2D eigenvalue weighted by atomic mass is 9.96. The van der Waals surface area contributed by atoms with Crippen molar-refractivity contribution in [3.8, 4) is 5.75 Å². The van der Waals surface area contributed by atoms with Crippen LogP contribution < -0.4 is 4.74 Å². The van der Waals surface area contributed by atoms with Crippen LogP contribution in [0.3, 0.4) is 0 Å². The minimum Gasteiger partial charge on any atom is -0.490 e. The largest absolute Gasteiger partial charge is 0.490 e. The fraction of sp³-hybridized carbons (Fsp3) is 0.560. The Morgan fingerprint density at radius 3 is 2.56 bits per heavy atom. The highest BCUT2D eigenvalue weighted by molar-refractivity contribution is 6.31. The summed E-state index contributed by atoms with van der Waals surface area (Å²) in [6.07, 6.45) is 3.34. The van der Waals surface area contributed by atoms with E-state index in [4.69, 9.17) is 21.1 Å². The first-order valence-corrected chi connectivity index (χ1v) is 12.2. The molecule has 9 heteroatoms. The van der Waals surface area contributed by atoms with Crippen LogP contribution in [0.4, 0.5) is 0 Å². The highest BCUT2D eigenvalue weighted by atomic mass is 35.5. The summed E-state index contributed by atoms with van der Waals surface area (Å²) in [5, 5.41) is 5.01. The summed E-state index contributed by atoms with van der Waals surface area (Å²) < 4.78 is 14.0. The maximum Gasteiger partial charge on any atom is 0.274 e. The Balaban J connectivity index is 1.54. The Morgan fingerprint density at radius 2 is 1.88 bits per heavy atom. The van der Waals surface area contributed by atoms with Gasteiger partial charge in [0.2, 0.25) is 5.91 Å². The molecule has 1 aromatic carbocycles. The number of piperidine rings is 1. The zero-order chi connectivity index (χ0) is 24.3. The summed E-state index contributed by atoms with van der Waals surface area (Å²) in [6, 6.07) is 7.24. The van der Waals surface area contributed by atoms with E-state index in [1.807, 2.05) is 31.9 Å². The van der Waals surface area contributed by atoms with Crippen molar-refractivity contribution in [3.05, 3.63) is 46.2 Å². The number of ether oxygens (including phenoxy) is 2. The third kappa shape index (κ3) is 5.55. The molecule has 0 aliphatic carbocycles. The smallest absolute Gasteiger partial charge is 0.274 e. The maximum atomic E-state index is 13.2. The molecule has 184 valence electrons. The monoisotopic (exact) mass is 488 g/mol. The topological polar surface area (TPSA) is 76.9 Å². The molecular weight excluding hydrogens is 456 g/mol. The lowest BCUT2D eigenvalue weighted by Crippen LogP contribution is -2.58. The van der Waals surface area contributed by atoms with Gasteiger partial charge in [0.1, 0.15) is 18.0 Å². The van der Waals surface area contributed by atoms with Gasteiger partial charge in [0.25, 0.3) is 5.91 Å². The van der Waals surface area contributed by atoms with Gasteiger partial charge in [-0.15, -0.1) is 0 Å². The van der Waals surface area contributed by atoms with E-state index in [-0.39, 0.29) is 31.4 Å². The lowest BCUT2D eigenvalue weighted by Gasteiger charge is -2.43. The van der Waals surface area contributed by atoms with Crippen LogP contribution in [0, 0.1) is 13.8 Å². The normalized spacial score (nSPS) is 20.9. The van der Waals surface area contributed by atoms with Gasteiger partial charge in [-0.1, -0.05) is 11.6 Å². The van der Waals surface area contributed by atoms with Gasteiger partial charge in [-0.25, -0.2) is 0 Å². The molecule has 2 aliphatic heterocycles. The number of hydrogen-bond acceptors (Lipinski definition) is 5. The van der Waals surface area contributed by atoms with E-state index in [1.165, 1.54) is 0 Å². The lowest BCUT2D eigenvalue weighted by molar-refractivity contribution is -0.153. The number of carbonyl (C=O) groups excluding carboxylic acids is 2. The number of halogens is 1. The molecule has 2 fully saturated rings. The van der Waals surface area contributed by atoms with Crippen molar-refractivity contribution in [2.75, 3.05) is 39.4 Å². The molecule has 34 heavy (non-hydrogen) atoms. The van der Waals surface area contributed by atoms with Gasteiger partial charge in [0.05, 0.1) is 19.6 Å². The highest BCUT2D eigenvalue weighted by Gasteiger charge is 2.43. The summed E-state index contributed by atoms with van der Waals surface area (Å²) in [5.41, 5.74) is 1.27. The van der Waals surface area contributed by atoms with Crippen molar-refractivity contribution >= 4 is 23.4 Å². The molecule has 2 amide bonds. The third-order valence-corrected chi connectivity index (χ3v) is 7.11. The Kier molecular flexibility index (Phi) is 7.48. The quantitative estimate of drug-likeness (QED) is 0.623. The molecule has 2 aliphatic rings. The van der Waals surface area contributed by atoms with E-state index < -0.39 is 5.60 Å². The van der Waals surface area contributed by atoms with Crippen LogP contribution in [0.1, 0.15) is 47.4 Å². The molecule has 0 N–H and O–H groups in total. The van der Waals surface area contributed by atoms with E-state index in [9.17, 15) is 9.59 Å². The van der Waals surface area contributed by atoms with Gasteiger partial charge in [0.15, 0.2) is 5.69 Å². The van der Waals surface area contributed by atoms with E-state index in [1.54, 1.807) is 27.8 Å². The number of hydrogen-bond donors (Lipinski definition) is 0. The molecule has 3 heterocycles. The minimum absolute atomic E-state index is 0.0403. The summed E-state index contributed by atoms with van der Waals surface area (Å²) in [5.74, 6) is 0.529. The van der Waals surface area contributed by atoms with Crippen LogP contribution in [0.2, 0.25) is 5.02 Å². The second-order valence-corrected chi connectivity index (χ2v) is 9.78. The van der Waals surface area contributed by atoms with Gasteiger partial charge in [-0.3, -0.25) is 14.3 Å². The molecule has 8 nitrogen and oxygen atoms in total. The van der Waals surface area contributed by atoms with Crippen LogP contribution >= 0.6 is 11.6 Å². The number of aryl methyl sites for hydroxylation is 3. The molecule has 0 saturated carbocycles. The SMILES string of the molecule is Cc1cc(OC[C@]2(CC(=O)N3CCCCC3)CN(C(=O)c3cc(C)n(C)n3)CCO2)ccc1Cl. The fourth-order valence-electron chi connectivity index (χ4n) is 4.54. The summed E-state index contributed by atoms with van der Waals surface area (Å²) >= 11 is 6.15. The van der Waals surface area contributed by atoms with Crippen LogP contribution in [-0.4, -0.2) is 76.4 Å². The Labute approximate surface area is 205 Å². The fourth-order valence-corrected chi connectivity index (χ4v) is 4.66. The predicted octanol–water partition coefficient (Wildman–Crippen LogP) is 3.38. The van der Waals surface area contributed by atoms with Gasteiger partial charge >= 0.3 is 0 Å². The van der Waals surface area contributed by atoms with Gasteiger partial charge < -0.3 is 19.3 Å². The molecule has 2 aromatic rings. The van der Waals surface area contributed by atoms with Gasteiger partial charge in [-0.05, 0) is 62.9 Å². The number of morpholine rings is 1. The molecule has 4 rings (SSSR count). The van der Waals surface area contributed by atoms with Crippen LogP contribution in [0.25, 0.3) is 0 Å². The van der Waals surface area contributed by atoms with Crippen molar-refractivity contribution in [2.45, 2.75) is 45.1 Å². The number of benzene rings is 1. The number of amides is 2. The van der Waals surface area contributed by atoms with E-state index in [2.05, 4.69) is 5.10 Å². The molecule has 0 spiro atoms. The predicted molar refractivity (Wildman–Crippen MR) is 129 cm³/mol. The number of aromatic nitrogens is 2. The van der Waals surface area contributed by atoms with E-state index >= 15 is 0 Å². The average Bonchev–Trinajstić information content (AvgIpc) is 3.18. The first kappa shape index (κ1) is 24.5. The van der Waals surface area contributed by atoms with Gasteiger partial charge in [-0.2, -0.15) is 5.10 Å². The van der Waals surface area contributed by atoms with Crippen molar-refractivity contribution in [2.24, 2.45) is 7.05 Å². The molecule has 1 atom stereocenters. The van der Waals surface area contributed by atoms with E-state index in [0.29, 0.717) is 29.6 Å². The number of rotatable bonds is 6. The standard InChI is InChI=1S/C25H33ClN4O4/c1-18-13-20(7-8-21(18)26)33-17-25(15-23(31)29-9-5-4-6-10-29)16-30(11-12-34-25)24(32)22-14-19(2)28(3)27-22/h7-8,13-14H,4-6,9-12,15-17H2,1-3H3/t25-/m0/s1. The summed E-state index contributed by atoms with van der Waals surface area (Å²) in [4.78, 5) is 30.1. The van der Waals surface area contributed by atoms with Crippen LogP contribution in [0.5, 0.6) is 5.75 Å². The second kappa shape index (κ2) is 10.4. The highest BCUT2D eigenvalue weighted by Crippen LogP contribution is 2.28. The van der Waals surface area contributed by atoms with Crippen LogP contribution in [-0.2, 0) is 16.6 Å². The number of likely N-dealkylation sites (tertiary alicyclic amines) is 1. The Morgan fingerprint density at radius 1 is 1.12 bits per heavy atom. The van der Waals surface area contributed by atoms with E-state index in [0.717, 1.165) is 43.6 Å². The molecule has 0 radical (unpaired) electrons. The molecule has 0 unspecified atom stereocenters. The van der Waals surface area contributed by atoms with Crippen molar-refractivity contribution in [1.29, 1.82) is 0 Å². The molecule has 2 saturated heterocycles. The van der Waals surface area contributed by atoms with Crippen molar-refractivity contribution < 1.29 is 19.1 Å². The van der Waals surface area contributed by atoms with Crippen molar-refractivity contribution in [3.63, 3.8) is 0 Å². The second-order valence-electron chi connectivity index (χ2n) is 9.37. The molecule has 0 bridgehead atoms. The molecule has 1 aromatic heterocycles. The summed E-state index contributed by atoms with van der Waals surface area (Å²) in [6.45, 7) is 6.53. The average molecular weight is 489 g/mol. The molecular formula is C25H33ClN4O4. The minimum atomic E-state index is -0.945. The summed E-state index contributed by atoms with van der Waals surface area (Å²) in [7, 11) is 1.81. The number of carbonyl (C=O) groups is 2. The Hall–Kier alpha value is -2.58. The first-order chi connectivity index (χ1) is 16.3. The zero-order valence-electron chi connectivity index (χ0n) is 20.2. The van der Waals surface area contributed by atoms with Crippen molar-refractivity contribution in [1.82, 2.24) is 19.6 Å².